The normalized spacial score (nSPS) is 12.7. The molecule has 0 amide bonds. The molecule has 0 aliphatic rings. The summed E-state index contributed by atoms with van der Waals surface area (Å²) in [4.78, 5) is 38.1. The number of esters is 3. The SMILES string of the molecule is CC\C=C/C=C\C=C/C=C\C=C\C=C/C=C\CCCCCC(=O)OCC(COC(=O)CCCCCCCCCCCCCC)OC(=O)CCCCCCCCCCCCCCCCCCCCC. The summed E-state index contributed by atoms with van der Waals surface area (Å²) in [5, 5.41) is 0. The van der Waals surface area contributed by atoms with Crippen molar-refractivity contribution >= 4 is 17.9 Å². The number of unbranched alkanes of at least 4 members (excludes halogenated alkanes) is 32. The van der Waals surface area contributed by atoms with Gasteiger partial charge in [-0.05, 0) is 38.5 Å². The molecular formula is C62H106O6. The zero-order chi connectivity index (χ0) is 49.3. The standard InChI is InChI=1S/C62H106O6/c1-4-7-10-13-16-19-22-25-27-29-31-33-35-37-40-43-46-49-52-55-61(64)67-58-59(57-66-60(63)54-51-48-45-42-39-24-21-18-15-12-9-6-3)68-62(65)56-53-50-47-44-41-38-36-34-32-30-28-26-23-20-17-14-11-8-5-2/h7,10,13,16,19,22,25,27,29,31,33,35,37,40,59H,4-6,8-9,11-12,14-15,17-18,20-21,23-24,26,28,30,32,34,36,38-39,41-58H2,1-3H3/b10-7-,16-13-,22-19-,27-25-,31-29+,35-33-,40-37-. The Balaban J connectivity index is 4.43. The second-order valence-corrected chi connectivity index (χ2v) is 19.0. The number of hydrogen-bond acceptors (Lipinski definition) is 6. The molecule has 0 aliphatic carbocycles. The smallest absolute Gasteiger partial charge is 0.306 e. The Morgan fingerprint density at radius 2 is 0.574 bits per heavy atom. The lowest BCUT2D eigenvalue weighted by Gasteiger charge is -2.18. The lowest BCUT2D eigenvalue weighted by Crippen LogP contribution is -2.30. The Morgan fingerprint density at radius 1 is 0.309 bits per heavy atom. The lowest BCUT2D eigenvalue weighted by molar-refractivity contribution is -0.167. The van der Waals surface area contributed by atoms with Crippen molar-refractivity contribution in [3.63, 3.8) is 0 Å². The zero-order valence-corrected chi connectivity index (χ0v) is 44.6. The molecule has 68 heavy (non-hydrogen) atoms. The van der Waals surface area contributed by atoms with Crippen LogP contribution < -0.4 is 0 Å². The van der Waals surface area contributed by atoms with Gasteiger partial charge in [0.15, 0.2) is 6.10 Å². The van der Waals surface area contributed by atoms with E-state index in [1.807, 2.05) is 72.9 Å². The van der Waals surface area contributed by atoms with Gasteiger partial charge in [0.2, 0.25) is 0 Å². The van der Waals surface area contributed by atoms with Gasteiger partial charge in [0.05, 0.1) is 0 Å². The molecule has 0 saturated carbocycles. The van der Waals surface area contributed by atoms with Crippen LogP contribution in [0.25, 0.3) is 0 Å². The molecule has 0 radical (unpaired) electrons. The zero-order valence-electron chi connectivity index (χ0n) is 44.6. The van der Waals surface area contributed by atoms with Crippen LogP contribution in [0.5, 0.6) is 0 Å². The Kier molecular flexibility index (Phi) is 53.4. The predicted octanol–water partition coefficient (Wildman–Crippen LogP) is 19.2. The third-order valence-electron chi connectivity index (χ3n) is 12.4. The van der Waals surface area contributed by atoms with Crippen molar-refractivity contribution in [1.29, 1.82) is 0 Å². The van der Waals surface area contributed by atoms with Crippen molar-refractivity contribution in [3.05, 3.63) is 85.1 Å². The highest BCUT2D eigenvalue weighted by Crippen LogP contribution is 2.17. The van der Waals surface area contributed by atoms with E-state index in [1.54, 1.807) is 0 Å². The summed E-state index contributed by atoms with van der Waals surface area (Å²) in [7, 11) is 0. The molecule has 0 aromatic heterocycles. The van der Waals surface area contributed by atoms with Gasteiger partial charge >= 0.3 is 17.9 Å². The van der Waals surface area contributed by atoms with E-state index in [-0.39, 0.29) is 31.1 Å². The van der Waals surface area contributed by atoms with Gasteiger partial charge in [-0.2, -0.15) is 0 Å². The fraction of sp³-hybridized carbons (Fsp3) is 0.726. The highest BCUT2D eigenvalue weighted by atomic mass is 16.6. The fourth-order valence-electron chi connectivity index (χ4n) is 8.07. The molecule has 0 fully saturated rings. The molecule has 0 saturated heterocycles. The molecule has 1 unspecified atom stereocenters. The summed E-state index contributed by atoms with van der Waals surface area (Å²) in [6, 6.07) is 0. The van der Waals surface area contributed by atoms with E-state index in [1.165, 1.54) is 161 Å². The van der Waals surface area contributed by atoms with Gasteiger partial charge in [-0.25, -0.2) is 0 Å². The number of carbonyl (C=O) groups excluding carboxylic acids is 3. The van der Waals surface area contributed by atoms with Crippen molar-refractivity contribution in [2.75, 3.05) is 13.2 Å². The van der Waals surface area contributed by atoms with Gasteiger partial charge < -0.3 is 14.2 Å². The fourth-order valence-corrected chi connectivity index (χ4v) is 8.07. The molecular weight excluding hydrogens is 841 g/mol. The Hall–Kier alpha value is -3.41. The van der Waals surface area contributed by atoms with Crippen molar-refractivity contribution in [2.45, 2.75) is 277 Å². The molecule has 0 heterocycles. The molecule has 6 nitrogen and oxygen atoms in total. The summed E-state index contributed by atoms with van der Waals surface area (Å²) in [5.41, 5.74) is 0. The molecule has 6 heteroatoms. The Morgan fingerprint density at radius 3 is 0.897 bits per heavy atom. The summed E-state index contributed by atoms with van der Waals surface area (Å²) < 4.78 is 16.8. The van der Waals surface area contributed by atoms with Crippen LogP contribution in [-0.2, 0) is 28.6 Å². The van der Waals surface area contributed by atoms with Crippen LogP contribution in [-0.4, -0.2) is 37.2 Å². The average Bonchev–Trinajstić information content (AvgIpc) is 3.34. The second-order valence-electron chi connectivity index (χ2n) is 19.0. The van der Waals surface area contributed by atoms with Gasteiger partial charge in [-0.15, -0.1) is 0 Å². The molecule has 0 aromatic carbocycles. The summed E-state index contributed by atoms with van der Waals surface area (Å²) >= 11 is 0. The summed E-state index contributed by atoms with van der Waals surface area (Å²) in [6.45, 7) is 6.48. The van der Waals surface area contributed by atoms with Gasteiger partial charge in [0.1, 0.15) is 13.2 Å². The van der Waals surface area contributed by atoms with Crippen LogP contribution in [0, 0.1) is 0 Å². The van der Waals surface area contributed by atoms with Crippen molar-refractivity contribution in [1.82, 2.24) is 0 Å². The summed E-state index contributed by atoms with van der Waals surface area (Å²) in [5.74, 6) is -0.925. The number of allylic oxidation sites excluding steroid dienone is 14. The van der Waals surface area contributed by atoms with E-state index in [0.717, 1.165) is 70.6 Å². The van der Waals surface area contributed by atoms with Crippen molar-refractivity contribution in [2.24, 2.45) is 0 Å². The minimum Gasteiger partial charge on any atom is -0.462 e. The number of hydrogen-bond donors (Lipinski definition) is 0. The maximum Gasteiger partial charge on any atom is 0.306 e. The van der Waals surface area contributed by atoms with Crippen LogP contribution in [0.15, 0.2) is 85.1 Å². The molecule has 0 aromatic rings. The van der Waals surface area contributed by atoms with Gasteiger partial charge in [0.25, 0.3) is 0 Å². The van der Waals surface area contributed by atoms with Crippen LogP contribution in [0.2, 0.25) is 0 Å². The first-order valence-electron chi connectivity index (χ1n) is 28.7. The highest BCUT2D eigenvalue weighted by molar-refractivity contribution is 5.71. The molecule has 0 rings (SSSR count). The highest BCUT2D eigenvalue weighted by Gasteiger charge is 2.19. The van der Waals surface area contributed by atoms with E-state index in [4.69, 9.17) is 14.2 Å². The van der Waals surface area contributed by atoms with Crippen LogP contribution in [0.1, 0.15) is 271 Å². The molecule has 1 atom stereocenters. The molecule has 0 spiro atoms. The predicted molar refractivity (Wildman–Crippen MR) is 293 cm³/mol. The first-order chi connectivity index (χ1) is 33.5. The van der Waals surface area contributed by atoms with Crippen LogP contribution >= 0.6 is 0 Å². The van der Waals surface area contributed by atoms with E-state index < -0.39 is 6.10 Å². The monoisotopic (exact) mass is 947 g/mol. The molecule has 0 bridgehead atoms. The first-order valence-corrected chi connectivity index (χ1v) is 28.7. The second kappa shape index (κ2) is 56.2. The van der Waals surface area contributed by atoms with Crippen molar-refractivity contribution < 1.29 is 28.6 Å². The number of rotatable bonds is 51. The third kappa shape index (κ3) is 53.5. The van der Waals surface area contributed by atoms with Gasteiger partial charge in [-0.1, -0.05) is 298 Å². The van der Waals surface area contributed by atoms with Crippen LogP contribution in [0.3, 0.4) is 0 Å². The molecule has 0 N–H and O–H groups in total. The quantitative estimate of drug-likeness (QED) is 0.0262. The Bertz CT molecular complexity index is 1320. The van der Waals surface area contributed by atoms with E-state index in [0.29, 0.717) is 19.3 Å². The molecule has 0 aliphatic heterocycles. The third-order valence-corrected chi connectivity index (χ3v) is 12.4. The average molecular weight is 948 g/mol. The number of ether oxygens (including phenoxy) is 3. The number of carbonyl (C=O) groups is 3. The van der Waals surface area contributed by atoms with Gasteiger partial charge in [0, 0.05) is 19.3 Å². The molecule has 390 valence electrons. The summed E-state index contributed by atoms with van der Waals surface area (Å²) in [6.07, 6.45) is 72.8. The van der Waals surface area contributed by atoms with E-state index in [2.05, 4.69) is 32.9 Å². The Labute approximate surface area is 420 Å². The van der Waals surface area contributed by atoms with E-state index >= 15 is 0 Å². The maximum atomic E-state index is 12.9. The first kappa shape index (κ1) is 64.6. The maximum absolute atomic E-state index is 12.9. The minimum atomic E-state index is -0.793. The van der Waals surface area contributed by atoms with Crippen LogP contribution in [0.4, 0.5) is 0 Å². The lowest BCUT2D eigenvalue weighted by atomic mass is 10.0. The minimum absolute atomic E-state index is 0.0881. The topological polar surface area (TPSA) is 78.9 Å². The largest absolute Gasteiger partial charge is 0.462 e. The van der Waals surface area contributed by atoms with E-state index in [9.17, 15) is 14.4 Å². The van der Waals surface area contributed by atoms with Crippen molar-refractivity contribution in [3.8, 4) is 0 Å². The van der Waals surface area contributed by atoms with Gasteiger partial charge in [-0.3, -0.25) is 14.4 Å².